The molecule has 59 valence electrons. The summed E-state index contributed by atoms with van der Waals surface area (Å²) >= 11 is 0. The Morgan fingerprint density at radius 3 is 1.80 bits per heavy atom. The van der Waals surface area contributed by atoms with E-state index in [9.17, 15) is 19.9 Å². The summed E-state index contributed by atoms with van der Waals surface area (Å²) in [5, 5.41) is 28.3. The van der Waals surface area contributed by atoms with Crippen LogP contribution in [0.2, 0.25) is 0 Å². The number of hydrogen-bond acceptors (Lipinski definition) is 5. The van der Waals surface area contributed by atoms with Crippen molar-refractivity contribution in [1.82, 2.24) is 0 Å². The van der Waals surface area contributed by atoms with Crippen molar-refractivity contribution < 1.29 is 36.9 Å². The summed E-state index contributed by atoms with van der Waals surface area (Å²) < 4.78 is 0. The van der Waals surface area contributed by atoms with Crippen LogP contribution < -0.4 is 5.11 Å². The van der Waals surface area contributed by atoms with E-state index in [1.54, 1.807) is 5.16 Å². The molecule has 1 radical (unpaired) electrons. The van der Waals surface area contributed by atoms with Gasteiger partial charge in [-0.15, -0.1) is 0 Å². The number of carboxylic acids is 2. The van der Waals surface area contributed by atoms with Crippen LogP contribution in [0.3, 0.4) is 0 Å². The molecule has 0 unspecified atom stereocenters. The van der Waals surface area contributed by atoms with Crippen LogP contribution in [0, 0.1) is 5.21 Å². The van der Waals surface area contributed by atoms with Crippen LogP contribution in [0.25, 0.3) is 0 Å². The van der Waals surface area contributed by atoms with E-state index in [0.717, 1.165) is 0 Å². The van der Waals surface area contributed by atoms with Crippen molar-refractivity contribution >= 4 is 17.7 Å². The molecule has 0 aliphatic carbocycles. The minimum absolute atomic E-state index is 0. The Labute approximate surface area is 65.6 Å². The van der Waals surface area contributed by atoms with Gasteiger partial charge in [-0.05, 0) is 0 Å². The first-order chi connectivity index (χ1) is 4.09. The Hall–Kier alpha value is -1.07. The minimum Gasteiger partial charge on any atom is -0.791 e. The zero-order chi connectivity index (χ0) is 7.44. The second-order valence-corrected chi connectivity index (χ2v) is 1.03. The third kappa shape index (κ3) is 3.06. The van der Waals surface area contributed by atoms with Gasteiger partial charge in [-0.3, -0.25) is 0 Å². The molecule has 0 amide bonds. The van der Waals surface area contributed by atoms with E-state index in [2.05, 4.69) is 0 Å². The predicted octanol–water partition coefficient (Wildman–Crippen LogP) is -2.24. The summed E-state index contributed by atoms with van der Waals surface area (Å²) in [6.07, 6.45) is 0. The maximum atomic E-state index is 9.62. The fourth-order valence-corrected chi connectivity index (χ4v) is 0.164. The summed E-state index contributed by atoms with van der Waals surface area (Å²) in [4.78, 5) is 19.2. The normalized spacial score (nSPS) is 9.80. The summed E-state index contributed by atoms with van der Waals surface area (Å²) in [5.74, 6) is -3.98. The van der Waals surface area contributed by atoms with E-state index in [-0.39, 0.29) is 17.1 Å². The topological polar surface area (TPSA) is 113 Å². The fraction of sp³-hybridized carbons (Fsp3) is 0. The van der Waals surface area contributed by atoms with E-state index >= 15 is 0 Å². The molecule has 0 aromatic carbocycles. The molecule has 1 N–H and O–H groups in total. The number of hydrogen-bond donors (Lipinski definition) is 1. The minimum atomic E-state index is -2.09. The second kappa shape index (κ2) is 4.78. The van der Waals surface area contributed by atoms with E-state index in [1.165, 1.54) is 0 Å². The SMILES string of the molecule is O=C([O-])C(=N[O-])C(=O)O.[Cu+2]. The van der Waals surface area contributed by atoms with Crippen LogP contribution in [0.5, 0.6) is 0 Å². The maximum absolute atomic E-state index is 9.62. The summed E-state index contributed by atoms with van der Waals surface area (Å²) in [5.41, 5.74) is -1.52. The smallest absolute Gasteiger partial charge is 0.791 e. The number of rotatable bonds is 2. The average molecular weight is 195 g/mol. The third-order valence-corrected chi connectivity index (χ3v) is 0.487. The van der Waals surface area contributed by atoms with Gasteiger partial charge >= 0.3 is 23.0 Å². The summed E-state index contributed by atoms with van der Waals surface area (Å²) in [7, 11) is 0. The fourth-order valence-electron chi connectivity index (χ4n) is 0.164. The Bertz CT molecular complexity index is 160. The van der Waals surface area contributed by atoms with Crippen molar-refractivity contribution in [3.8, 4) is 0 Å². The van der Waals surface area contributed by atoms with Gasteiger partial charge in [-0.25, -0.2) is 4.79 Å². The number of carboxylic acid groups (broad SMARTS) is 2. The number of carbonyl (C=O) groups excluding carboxylic acids is 1. The van der Waals surface area contributed by atoms with Gasteiger partial charge in [-0.2, -0.15) is 0 Å². The molecule has 6 nitrogen and oxygen atoms in total. The molecule has 0 saturated heterocycles. The molecule has 0 spiro atoms. The molecule has 0 rings (SSSR count). The van der Waals surface area contributed by atoms with Crippen molar-refractivity contribution in [1.29, 1.82) is 0 Å². The molecule has 0 atom stereocenters. The van der Waals surface area contributed by atoms with Crippen LogP contribution in [0.4, 0.5) is 0 Å². The Morgan fingerprint density at radius 2 is 1.80 bits per heavy atom. The van der Waals surface area contributed by atoms with Gasteiger partial charge in [0.25, 0.3) is 0 Å². The number of aliphatic carboxylic acids is 2. The van der Waals surface area contributed by atoms with E-state index in [0.29, 0.717) is 0 Å². The molecule has 0 aromatic heterocycles. The molecule has 10 heavy (non-hydrogen) atoms. The first kappa shape index (κ1) is 11.7. The van der Waals surface area contributed by atoms with Crippen molar-refractivity contribution in [2.45, 2.75) is 0 Å². The molecule has 0 heterocycles. The van der Waals surface area contributed by atoms with Gasteiger partial charge in [0.1, 0.15) is 0 Å². The van der Waals surface area contributed by atoms with Crippen molar-refractivity contribution in [3.05, 3.63) is 5.21 Å². The van der Waals surface area contributed by atoms with Crippen LogP contribution in [0.1, 0.15) is 0 Å². The molecule has 0 aromatic rings. The number of nitrogens with zero attached hydrogens (tertiary/aromatic N) is 1. The first-order valence-corrected chi connectivity index (χ1v) is 1.74. The van der Waals surface area contributed by atoms with E-state index in [4.69, 9.17) is 5.11 Å². The molecule has 0 bridgehead atoms. The zero-order valence-corrected chi connectivity index (χ0v) is 5.27. The molecular weight excluding hydrogens is 194 g/mol. The van der Waals surface area contributed by atoms with Crippen molar-refractivity contribution in [2.24, 2.45) is 5.16 Å². The molecule has 0 aliphatic heterocycles. The summed E-state index contributed by atoms with van der Waals surface area (Å²) in [6, 6.07) is 0. The first-order valence-electron chi connectivity index (χ1n) is 1.74. The Balaban J connectivity index is 0. The van der Waals surface area contributed by atoms with Crippen molar-refractivity contribution in [2.75, 3.05) is 0 Å². The van der Waals surface area contributed by atoms with Crippen LogP contribution in [-0.4, -0.2) is 22.8 Å². The number of carbonyl (C=O) groups is 2. The van der Waals surface area contributed by atoms with Crippen molar-refractivity contribution in [3.63, 3.8) is 0 Å². The van der Waals surface area contributed by atoms with Gasteiger partial charge in [-0.1, -0.05) is 0 Å². The van der Waals surface area contributed by atoms with Gasteiger partial charge in [0.2, 0.25) is 0 Å². The Morgan fingerprint density at radius 1 is 1.40 bits per heavy atom. The average Bonchev–Trinajstić information content (AvgIpc) is 1.64. The summed E-state index contributed by atoms with van der Waals surface area (Å²) in [6.45, 7) is 0. The largest absolute Gasteiger partial charge is 2.00 e. The van der Waals surface area contributed by atoms with Gasteiger partial charge in [0.05, 0.1) is 5.97 Å². The standard InChI is InChI=1S/C3H3NO5.Cu/c5-2(6)1(4-9)3(7)8;/h9H,(H,5,6)(H,7,8);/q;+2/p-2. The Kier molecular flexibility index (Phi) is 5.58. The second-order valence-electron chi connectivity index (χ2n) is 1.03. The molecule has 0 saturated carbocycles. The monoisotopic (exact) mass is 194 g/mol. The van der Waals surface area contributed by atoms with E-state index < -0.39 is 17.7 Å². The van der Waals surface area contributed by atoms with E-state index in [1.807, 2.05) is 0 Å². The quantitative estimate of drug-likeness (QED) is 0.231. The van der Waals surface area contributed by atoms with Crippen LogP contribution in [-0.2, 0) is 26.7 Å². The molecule has 7 heteroatoms. The third-order valence-electron chi connectivity index (χ3n) is 0.487. The maximum Gasteiger partial charge on any atom is 2.00 e. The predicted molar refractivity (Wildman–Crippen MR) is 23.4 cm³/mol. The van der Waals surface area contributed by atoms with Gasteiger partial charge in [0.15, 0.2) is 5.71 Å². The molecule has 0 aliphatic rings. The molecular formula is C3HCuNO5. The van der Waals surface area contributed by atoms with Crippen LogP contribution >= 0.6 is 0 Å². The zero-order valence-electron chi connectivity index (χ0n) is 4.33. The van der Waals surface area contributed by atoms with Gasteiger partial charge < -0.3 is 25.4 Å². The van der Waals surface area contributed by atoms with Gasteiger partial charge in [0, 0.05) is 0 Å². The molecule has 0 fully saturated rings. The van der Waals surface area contributed by atoms with Crippen LogP contribution in [0.15, 0.2) is 5.16 Å².